The maximum atomic E-state index is 12.8. The van der Waals surface area contributed by atoms with Crippen LogP contribution in [-0.2, 0) is 10.0 Å². The van der Waals surface area contributed by atoms with Crippen LogP contribution in [-0.4, -0.2) is 14.1 Å². The lowest BCUT2D eigenvalue weighted by molar-refractivity contribution is 0.598. The Hall–Kier alpha value is -3.23. The van der Waals surface area contributed by atoms with E-state index in [1.54, 1.807) is 48.5 Å². The summed E-state index contributed by atoms with van der Waals surface area (Å²) in [7, 11) is -3.87. The molecule has 0 spiro atoms. The van der Waals surface area contributed by atoms with E-state index in [9.17, 15) is 8.42 Å². The highest BCUT2D eigenvalue weighted by Crippen LogP contribution is 2.18. The van der Waals surface area contributed by atoms with Crippen LogP contribution in [0.5, 0.6) is 0 Å². The van der Waals surface area contributed by atoms with Crippen LogP contribution in [0, 0.1) is 18.3 Å². The molecule has 3 aromatic rings. The van der Waals surface area contributed by atoms with Gasteiger partial charge in [0.15, 0.2) is 0 Å². The Morgan fingerprint density at radius 2 is 1.42 bits per heavy atom. The van der Waals surface area contributed by atoms with Gasteiger partial charge in [0.05, 0.1) is 22.2 Å². The normalized spacial score (nSPS) is 11.8. The molecule has 5 heteroatoms. The zero-order valence-corrected chi connectivity index (χ0v) is 14.9. The topological polar surface area (TPSA) is 70.3 Å². The summed E-state index contributed by atoms with van der Waals surface area (Å²) in [4.78, 5) is 0.144. The van der Waals surface area contributed by atoms with Gasteiger partial charge >= 0.3 is 0 Å². The van der Waals surface area contributed by atoms with Crippen molar-refractivity contribution in [2.45, 2.75) is 11.8 Å². The van der Waals surface area contributed by atoms with Gasteiger partial charge in [0.25, 0.3) is 10.0 Å². The second kappa shape index (κ2) is 7.34. The van der Waals surface area contributed by atoms with E-state index in [0.29, 0.717) is 22.4 Å². The summed E-state index contributed by atoms with van der Waals surface area (Å²) in [6.45, 7) is 1.89. The number of hydrogen-bond donors (Lipinski definition) is 0. The quantitative estimate of drug-likeness (QED) is 0.658. The Bertz CT molecular complexity index is 1080. The first kappa shape index (κ1) is 17.6. The molecule has 3 rings (SSSR count). The van der Waals surface area contributed by atoms with Gasteiger partial charge in [-0.15, -0.1) is 0 Å². The lowest BCUT2D eigenvalue weighted by Crippen LogP contribution is -2.08. The molecular formula is C21H16N2O2S. The fourth-order valence-electron chi connectivity index (χ4n) is 2.45. The van der Waals surface area contributed by atoms with Crippen molar-refractivity contribution < 1.29 is 8.42 Å². The lowest BCUT2D eigenvalue weighted by Gasteiger charge is -2.08. The van der Waals surface area contributed by atoms with Crippen molar-refractivity contribution in [2.24, 2.45) is 4.40 Å². The molecule has 0 atom stereocenters. The van der Waals surface area contributed by atoms with Crippen molar-refractivity contribution >= 4 is 15.7 Å². The van der Waals surface area contributed by atoms with Crippen LogP contribution in [0.25, 0.3) is 0 Å². The predicted octanol–water partition coefficient (Wildman–Crippen LogP) is 4.09. The van der Waals surface area contributed by atoms with E-state index in [2.05, 4.69) is 10.5 Å². The van der Waals surface area contributed by atoms with Crippen LogP contribution in [0.3, 0.4) is 0 Å². The minimum Gasteiger partial charge on any atom is -0.199 e. The third-order valence-corrected chi connectivity index (χ3v) is 5.16. The first-order valence-electron chi connectivity index (χ1n) is 7.97. The Balaban J connectivity index is 2.15. The van der Waals surface area contributed by atoms with Crippen LogP contribution >= 0.6 is 0 Å². The molecule has 0 aromatic heterocycles. The molecule has 0 unspecified atom stereocenters. The molecule has 0 heterocycles. The van der Waals surface area contributed by atoms with Crippen LogP contribution in [0.4, 0.5) is 0 Å². The van der Waals surface area contributed by atoms with Crippen molar-refractivity contribution in [1.29, 1.82) is 5.26 Å². The Morgan fingerprint density at radius 3 is 2.00 bits per heavy atom. The first-order valence-corrected chi connectivity index (χ1v) is 9.41. The largest absolute Gasteiger partial charge is 0.282 e. The molecule has 0 bridgehead atoms. The Kier molecular flexibility index (Phi) is 4.97. The molecule has 0 aliphatic carbocycles. The van der Waals surface area contributed by atoms with Gasteiger partial charge in [0.2, 0.25) is 0 Å². The second-order valence-electron chi connectivity index (χ2n) is 5.78. The van der Waals surface area contributed by atoms with Crippen molar-refractivity contribution in [3.8, 4) is 6.07 Å². The maximum Gasteiger partial charge on any atom is 0.282 e. The summed E-state index contributed by atoms with van der Waals surface area (Å²) >= 11 is 0. The minimum atomic E-state index is -3.87. The fourth-order valence-corrected chi connectivity index (χ4v) is 3.49. The van der Waals surface area contributed by atoms with E-state index in [0.717, 1.165) is 5.56 Å². The van der Waals surface area contributed by atoms with Crippen LogP contribution < -0.4 is 0 Å². The van der Waals surface area contributed by atoms with E-state index in [1.807, 2.05) is 37.3 Å². The molecule has 0 saturated heterocycles. The first-order chi connectivity index (χ1) is 12.5. The maximum absolute atomic E-state index is 12.8. The van der Waals surface area contributed by atoms with Crippen LogP contribution in [0.1, 0.15) is 22.3 Å². The third kappa shape index (κ3) is 3.88. The number of benzene rings is 3. The number of aryl methyl sites for hydroxylation is 1. The summed E-state index contributed by atoms with van der Waals surface area (Å²) in [5.74, 6) is 0. The van der Waals surface area contributed by atoms with Crippen LogP contribution in [0.15, 0.2) is 88.2 Å². The smallest absolute Gasteiger partial charge is 0.199 e. The average Bonchev–Trinajstić information content (AvgIpc) is 2.67. The summed E-state index contributed by atoms with van der Waals surface area (Å²) in [6.07, 6.45) is 0. The van der Waals surface area contributed by atoms with E-state index in [1.165, 1.54) is 0 Å². The minimum absolute atomic E-state index is 0.144. The van der Waals surface area contributed by atoms with Gasteiger partial charge in [-0.2, -0.15) is 18.1 Å². The summed E-state index contributed by atoms with van der Waals surface area (Å²) in [5.41, 5.74) is 3.14. The summed E-state index contributed by atoms with van der Waals surface area (Å²) < 4.78 is 29.7. The van der Waals surface area contributed by atoms with Gasteiger partial charge in [-0.25, -0.2) is 0 Å². The van der Waals surface area contributed by atoms with E-state index in [-0.39, 0.29) is 4.90 Å². The van der Waals surface area contributed by atoms with Crippen molar-refractivity contribution in [1.82, 2.24) is 0 Å². The summed E-state index contributed by atoms with van der Waals surface area (Å²) in [6, 6.07) is 24.5. The third-order valence-electron chi connectivity index (χ3n) is 3.86. The molecule has 0 aliphatic rings. The second-order valence-corrected chi connectivity index (χ2v) is 7.39. The van der Waals surface area contributed by atoms with Crippen LogP contribution in [0.2, 0.25) is 0 Å². The molecule has 128 valence electrons. The number of sulfonamides is 1. The van der Waals surface area contributed by atoms with E-state index in [4.69, 9.17) is 5.26 Å². The standard InChI is InChI=1S/C21H16N2O2S/c1-16-7-13-20(14-8-16)26(24,25)23-21(18-5-3-2-4-6-18)19-11-9-17(15-22)10-12-19/h2-14H,1H3/b23-21+. The van der Waals surface area contributed by atoms with Crippen molar-refractivity contribution in [3.63, 3.8) is 0 Å². The SMILES string of the molecule is Cc1ccc(S(=O)(=O)/N=C(\c2ccccc2)c2ccc(C#N)cc2)cc1. The van der Waals surface area contributed by atoms with Crippen molar-refractivity contribution in [2.75, 3.05) is 0 Å². The Labute approximate surface area is 153 Å². The molecule has 0 fully saturated rings. The molecule has 0 aliphatic heterocycles. The van der Waals surface area contributed by atoms with E-state index >= 15 is 0 Å². The highest BCUT2D eigenvalue weighted by Gasteiger charge is 2.16. The molecular weight excluding hydrogens is 344 g/mol. The number of nitriles is 1. The van der Waals surface area contributed by atoms with E-state index < -0.39 is 10.0 Å². The lowest BCUT2D eigenvalue weighted by atomic mass is 10.0. The molecule has 0 saturated carbocycles. The number of rotatable bonds is 4. The fraction of sp³-hybridized carbons (Fsp3) is 0.0476. The van der Waals surface area contributed by atoms with Gasteiger partial charge in [0.1, 0.15) is 0 Å². The molecule has 26 heavy (non-hydrogen) atoms. The Morgan fingerprint density at radius 1 is 0.846 bits per heavy atom. The monoisotopic (exact) mass is 360 g/mol. The van der Waals surface area contributed by atoms with Gasteiger partial charge in [0, 0.05) is 11.1 Å². The van der Waals surface area contributed by atoms with Gasteiger partial charge in [-0.05, 0) is 31.2 Å². The molecule has 3 aromatic carbocycles. The molecule has 0 amide bonds. The summed E-state index contributed by atoms with van der Waals surface area (Å²) in [5, 5.41) is 8.97. The van der Waals surface area contributed by atoms with Gasteiger partial charge in [-0.1, -0.05) is 60.2 Å². The zero-order chi connectivity index (χ0) is 18.6. The van der Waals surface area contributed by atoms with Gasteiger partial charge in [-0.3, -0.25) is 0 Å². The zero-order valence-electron chi connectivity index (χ0n) is 14.1. The highest BCUT2D eigenvalue weighted by atomic mass is 32.2. The highest BCUT2D eigenvalue weighted by molar-refractivity contribution is 7.90. The average molecular weight is 360 g/mol. The number of nitrogens with zero attached hydrogens (tertiary/aromatic N) is 2. The molecule has 0 N–H and O–H groups in total. The predicted molar refractivity (Wildman–Crippen MR) is 102 cm³/mol. The molecule has 0 radical (unpaired) electrons. The van der Waals surface area contributed by atoms with Gasteiger partial charge < -0.3 is 0 Å². The number of hydrogen-bond acceptors (Lipinski definition) is 3. The van der Waals surface area contributed by atoms with Crippen molar-refractivity contribution in [3.05, 3.63) is 101 Å². The molecule has 4 nitrogen and oxygen atoms in total.